The van der Waals surface area contributed by atoms with E-state index in [1.54, 1.807) is 0 Å². The van der Waals surface area contributed by atoms with Crippen molar-refractivity contribution >= 4 is 0 Å². The molecule has 0 saturated heterocycles. The molecule has 0 amide bonds. The van der Waals surface area contributed by atoms with Crippen LogP contribution in [0.3, 0.4) is 0 Å². The molecule has 0 rings (SSSR count). The Bertz CT molecular complexity index is 228. The van der Waals surface area contributed by atoms with E-state index in [0.29, 0.717) is 6.42 Å². The second kappa shape index (κ2) is 11.7. The van der Waals surface area contributed by atoms with Crippen molar-refractivity contribution in [3.05, 3.63) is 36.5 Å². The largest absolute Gasteiger partial charge is 0.198 e. The number of nitrogens with zero attached hydrogens (tertiary/aromatic N) is 1. The second-order valence-corrected chi connectivity index (χ2v) is 3.05. The van der Waals surface area contributed by atoms with Crippen LogP contribution in [0.2, 0.25) is 0 Å². The van der Waals surface area contributed by atoms with Gasteiger partial charge in [0.1, 0.15) is 0 Å². The number of nitriles is 1. The second-order valence-electron chi connectivity index (χ2n) is 3.05. The lowest BCUT2D eigenvalue weighted by molar-refractivity contribution is 0.768. The maximum atomic E-state index is 8.30. The van der Waals surface area contributed by atoms with Crippen LogP contribution in [0.5, 0.6) is 0 Å². The first kappa shape index (κ1) is 12.7. The molecule has 0 aromatic carbocycles. The molecule has 0 aliphatic heterocycles. The van der Waals surface area contributed by atoms with Gasteiger partial charge in [-0.25, -0.2) is 0 Å². The zero-order chi connectivity index (χ0) is 10.5. The predicted octanol–water partition coefficient (Wildman–Crippen LogP) is 4.15. The number of rotatable bonds is 7. The van der Waals surface area contributed by atoms with Gasteiger partial charge in [-0.3, -0.25) is 0 Å². The first-order valence-electron chi connectivity index (χ1n) is 5.27. The SMILES string of the molecule is CC/C=C/C=C/C=C/CCCCC#N. The highest BCUT2D eigenvalue weighted by Gasteiger charge is 1.82. The summed E-state index contributed by atoms with van der Waals surface area (Å²) in [5, 5.41) is 8.30. The summed E-state index contributed by atoms with van der Waals surface area (Å²) in [6, 6.07) is 2.15. The van der Waals surface area contributed by atoms with Gasteiger partial charge in [0.2, 0.25) is 0 Å². The smallest absolute Gasteiger partial charge is 0.0621 e. The van der Waals surface area contributed by atoms with E-state index in [1.165, 1.54) is 0 Å². The third-order valence-electron chi connectivity index (χ3n) is 1.75. The van der Waals surface area contributed by atoms with Crippen LogP contribution in [-0.4, -0.2) is 0 Å². The Labute approximate surface area is 87.4 Å². The lowest BCUT2D eigenvalue weighted by atomic mass is 10.2. The summed E-state index contributed by atoms with van der Waals surface area (Å²) < 4.78 is 0. The molecule has 0 radical (unpaired) electrons. The highest BCUT2D eigenvalue weighted by atomic mass is 14.2. The van der Waals surface area contributed by atoms with Crippen molar-refractivity contribution in [2.24, 2.45) is 0 Å². The van der Waals surface area contributed by atoms with E-state index in [9.17, 15) is 0 Å². The monoisotopic (exact) mass is 189 g/mol. The van der Waals surface area contributed by atoms with Crippen molar-refractivity contribution in [3.8, 4) is 6.07 Å². The van der Waals surface area contributed by atoms with Gasteiger partial charge in [-0.15, -0.1) is 0 Å². The van der Waals surface area contributed by atoms with E-state index in [0.717, 1.165) is 25.7 Å². The number of hydrogen-bond donors (Lipinski definition) is 0. The normalized spacial score (nSPS) is 11.7. The Kier molecular flexibility index (Phi) is 10.6. The zero-order valence-corrected chi connectivity index (χ0v) is 8.95. The van der Waals surface area contributed by atoms with Crippen LogP contribution < -0.4 is 0 Å². The van der Waals surface area contributed by atoms with Gasteiger partial charge in [-0.2, -0.15) is 5.26 Å². The molecule has 0 unspecified atom stereocenters. The molecule has 0 N–H and O–H groups in total. The van der Waals surface area contributed by atoms with Crippen molar-refractivity contribution in [1.29, 1.82) is 5.26 Å². The van der Waals surface area contributed by atoms with Crippen molar-refractivity contribution < 1.29 is 0 Å². The maximum Gasteiger partial charge on any atom is 0.0621 e. The molecule has 1 nitrogen and oxygen atoms in total. The molecular weight excluding hydrogens is 170 g/mol. The van der Waals surface area contributed by atoms with Crippen LogP contribution in [0.1, 0.15) is 39.0 Å². The van der Waals surface area contributed by atoms with E-state index in [-0.39, 0.29) is 0 Å². The molecular formula is C13H19N. The van der Waals surface area contributed by atoms with Gasteiger partial charge in [0.25, 0.3) is 0 Å². The fourth-order valence-corrected chi connectivity index (χ4v) is 0.984. The highest BCUT2D eigenvalue weighted by Crippen LogP contribution is 1.99. The van der Waals surface area contributed by atoms with Crippen LogP contribution in [0.25, 0.3) is 0 Å². The Balaban J connectivity index is 3.31. The molecule has 0 saturated carbocycles. The first-order chi connectivity index (χ1) is 6.91. The molecule has 0 spiro atoms. The van der Waals surface area contributed by atoms with Gasteiger partial charge in [0.05, 0.1) is 6.07 Å². The summed E-state index contributed by atoms with van der Waals surface area (Å²) in [6.07, 6.45) is 17.4. The average molecular weight is 189 g/mol. The van der Waals surface area contributed by atoms with Crippen LogP contribution in [0.15, 0.2) is 36.5 Å². The van der Waals surface area contributed by atoms with E-state index < -0.39 is 0 Å². The topological polar surface area (TPSA) is 23.8 Å². The van der Waals surface area contributed by atoms with Crippen LogP contribution in [0, 0.1) is 11.3 Å². The fourth-order valence-electron chi connectivity index (χ4n) is 0.984. The molecule has 0 aromatic rings. The third kappa shape index (κ3) is 10.7. The van der Waals surface area contributed by atoms with Crippen molar-refractivity contribution in [1.82, 2.24) is 0 Å². The summed E-state index contributed by atoms with van der Waals surface area (Å²) >= 11 is 0. The standard InChI is InChI=1S/C13H19N/c1-2-3-4-5-6-7-8-9-10-11-12-13-14/h3-8H,2,9-12H2,1H3/b4-3+,6-5+,8-7+. The minimum atomic E-state index is 0.683. The number of hydrogen-bond acceptors (Lipinski definition) is 1. The molecule has 0 aromatic heterocycles. The molecule has 0 aliphatic rings. The molecule has 0 bridgehead atoms. The molecule has 0 fully saturated rings. The molecule has 0 atom stereocenters. The minimum absolute atomic E-state index is 0.683. The highest BCUT2D eigenvalue weighted by molar-refractivity contribution is 5.10. The van der Waals surface area contributed by atoms with E-state index in [1.807, 2.05) is 12.2 Å². The molecule has 0 heterocycles. The lowest BCUT2D eigenvalue weighted by Gasteiger charge is -1.88. The lowest BCUT2D eigenvalue weighted by Crippen LogP contribution is -1.71. The Hall–Kier alpha value is -1.29. The van der Waals surface area contributed by atoms with E-state index in [4.69, 9.17) is 5.26 Å². The molecule has 1 heteroatoms. The number of unbranched alkanes of at least 4 members (excludes halogenated alkanes) is 3. The van der Waals surface area contributed by atoms with Crippen LogP contribution >= 0.6 is 0 Å². The summed E-state index contributed by atoms with van der Waals surface area (Å²) in [6.45, 7) is 2.12. The average Bonchev–Trinajstić information content (AvgIpc) is 2.21. The van der Waals surface area contributed by atoms with Crippen molar-refractivity contribution in [2.45, 2.75) is 39.0 Å². The first-order valence-corrected chi connectivity index (χ1v) is 5.27. The van der Waals surface area contributed by atoms with Gasteiger partial charge < -0.3 is 0 Å². The van der Waals surface area contributed by atoms with Gasteiger partial charge in [-0.05, 0) is 25.7 Å². The Morgan fingerprint density at radius 1 is 1.00 bits per heavy atom. The van der Waals surface area contributed by atoms with E-state index >= 15 is 0 Å². The summed E-state index contributed by atoms with van der Waals surface area (Å²) in [7, 11) is 0. The predicted molar refractivity (Wildman–Crippen MR) is 61.8 cm³/mol. The maximum absolute atomic E-state index is 8.30. The third-order valence-corrected chi connectivity index (χ3v) is 1.75. The zero-order valence-electron chi connectivity index (χ0n) is 8.95. The van der Waals surface area contributed by atoms with Crippen LogP contribution in [-0.2, 0) is 0 Å². The molecule has 14 heavy (non-hydrogen) atoms. The number of allylic oxidation sites excluding steroid dienone is 6. The Morgan fingerprint density at radius 2 is 1.71 bits per heavy atom. The van der Waals surface area contributed by atoms with Crippen molar-refractivity contribution in [3.63, 3.8) is 0 Å². The van der Waals surface area contributed by atoms with Crippen molar-refractivity contribution in [2.75, 3.05) is 0 Å². The summed E-state index contributed by atoms with van der Waals surface area (Å²) in [4.78, 5) is 0. The van der Waals surface area contributed by atoms with Gasteiger partial charge in [0, 0.05) is 6.42 Å². The molecule has 76 valence electrons. The van der Waals surface area contributed by atoms with Gasteiger partial charge >= 0.3 is 0 Å². The fraction of sp³-hybridized carbons (Fsp3) is 0.462. The summed E-state index contributed by atoms with van der Waals surface area (Å²) in [5.74, 6) is 0. The van der Waals surface area contributed by atoms with Gasteiger partial charge in [-0.1, -0.05) is 43.4 Å². The van der Waals surface area contributed by atoms with E-state index in [2.05, 4.69) is 37.3 Å². The van der Waals surface area contributed by atoms with Gasteiger partial charge in [0.15, 0.2) is 0 Å². The molecule has 0 aliphatic carbocycles. The quantitative estimate of drug-likeness (QED) is 0.436. The summed E-state index contributed by atoms with van der Waals surface area (Å²) in [5.41, 5.74) is 0. The Morgan fingerprint density at radius 3 is 2.36 bits per heavy atom. The van der Waals surface area contributed by atoms with Crippen LogP contribution in [0.4, 0.5) is 0 Å². The minimum Gasteiger partial charge on any atom is -0.198 e.